The van der Waals surface area contributed by atoms with Gasteiger partial charge in [0.15, 0.2) is 0 Å². The van der Waals surface area contributed by atoms with Crippen molar-refractivity contribution in [3.8, 4) is 0 Å². The van der Waals surface area contributed by atoms with Crippen molar-refractivity contribution in [1.29, 1.82) is 0 Å². The van der Waals surface area contributed by atoms with Crippen LogP contribution in [0, 0.1) is 23.7 Å². The van der Waals surface area contributed by atoms with Gasteiger partial charge in [0.1, 0.15) is 5.00 Å². The molecule has 1 amide bonds. The number of amides is 1. The van der Waals surface area contributed by atoms with E-state index >= 15 is 0 Å². The van der Waals surface area contributed by atoms with Gasteiger partial charge in [0.05, 0.1) is 12.2 Å². The van der Waals surface area contributed by atoms with Crippen LogP contribution in [-0.2, 0) is 22.4 Å². The van der Waals surface area contributed by atoms with Gasteiger partial charge in [-0.2, -0.15) is 0 Å². The standard InChI is InChI=1S/C21H29NO3S/c1-3-12-6-8-15-17(11-12)26-20(18(15)21(24)25-4-2)22-19(23)16-10-13-5-7-14(16)9-13/h12-14,16H,3-11H2,1-2H3,(H,22,23)/t12-,13-,14-,16+/m1/s1. The first-order valence-corrected chi connectivity index (χ1v) is 11.0. The molecular weight excluding hydrogens is 346 g/mol. The number of rotatable bonds is 5. The fourth-order valence-electron chi connectivity index (χ4n) is 5.28. The average Bonchev–Trinajstić information content (AvgIpc) is 3.34. The van der Waals surface area contributed by atoms with Crippen LogP contribution in [0.4, 0.5) is 5.00 Å². The van der Waals surface area contributed by atoms with Crippen molar-refractivity contribution in [2.45, 2.75) is 65.2 Å². The molecule has 0 aliphatic heterocycles. The second-order valence-corrected chi connectivity index (χ2v) is 9.32. The van der Waals surface area contributed by atoms with E-state index in [1.807, 2.05) is 6.92 Å². The number of carbonyl (C=O) groups excluding carboxylic acids is 2. The van der Waals surface area contributed by atoms with Crippen LogP contribution in [0.1, 0.15) is 73.2 Å². The normalized spacial score (nSPS) is 29.5. The quantitative estimate of drug-likeness (QED) is 0.751. The number of thiophene rings is 1. The number of anilines is 1. The van der Waals surface area contributed by atoms with E-state index in [1.165, 1.54) is 30.6 Å². The molecule has 26 heavy (non-hydrogen) atoms. The Bertz CT molecular complexity index is 710. The minimum Gasteiger partial charge on any atom is -0.462 e. The molecule has 2 fully saturated rings. The fourth-order valence-corrected chi connectivity index (χ4v) is 6.63. The lowest BCUT2D eigenvalue weighted by Crippen LogP contribution is -2.27. The van der Waals surface area contributed by atoms with E-state index < -0.39 is 0 Å². The third-order valence-corrected chi connectivity index (χ3v) is 7.91. The molecule has 0 aromatic carbocycles. The van der Waals surface area contributed by atoms with Crippen LogP contribution < -0.4 is 5.32 Å². The highest BCUT2D eigenvalue weighted by atomic mass is 32.1. The van der Waals surface area contributed by atoms with Crippen LogP contribution in [0.3, 0.4) is 0 Å². The molecule has 1 heterocycles. The highest BCUT2D eigenvalue weighted by molar-refractivity contribution is 7.17. The van der Waals surface area contributed by atoms with Crippen molar-refractivity contribution in [1.82, 2.24) is 0 Å². The predicted molar refractivity (Wildman–Crippen MR) is 104 cm³/mol. The van der Waals surface area contributed by atoms with Crippen molar-refractivity contribution < 1.29 is 14.3 Å². The lowest BCUT2D eigenvalue weighted by Gasteiger charge is -2.21. The van der Waals surface area contributed by atoms with Gasteiger partial charge in [-0.1, -0.05) is 19.8 Å². The van der Waals surface area contributed by atoms with Crippen LogP contribution in [-0.4, -0.2) is 18.5 Å². The van der Waals surface area contributed by atoms with E-state index in [9.17, 15) is 9.59 Å². The molecule has 4 atom stereocenters. The molecule has 0 saturated heterocycles. The van der Waals surface area contributed by atoms with Gasteiger partial charge in [-0.25, -0.2) is 4.79 Å². The summed E-state index contributed by atoms with van der Waals surface area (Å²) in [6, 6.07) is 0. The summed E-state index contributed by atoms with van der Waals surface area (Å²) in [5.41, 5.74) is 1.76. The Balaban J connectivity index is 1.59. The maximum atomic E-state index is 12.9. The summed E-state index contributed by atoms with van der Waals surface area (Å²) in [6.45, 7) is 4.42. The molecule has 4 rings (SSSR count). The molecule has 4 nitrogen and oxygen atoms in total. The van der Waals surface area contributed by atoms with Gasteiger partial charge in [-0.3, -0.25) is 4.79 Å². The minimum atomic E-state index is -0.275. The Hall–Kier alpha value is -1.36. The molecule has 142 valence electrons. The van der Waals surface area contributed by atoms with Crippen molar-refractivity contribution in [3.05, 3.63) is 16.0 Å². The number of nitrogens with one attached hydrogen (secondary N) is 1. The van der Waals surface area contributed by atoms with Gasteiger partial charge in [0.2, 0.25) is 5.91 Å². The second kappa shape index (κ2) is 7.34. The van der Waals surface area contributed by atoms with E-state index in [0.29, 0.717) is 24.0 Å². The molecule has 0 unspecified atom stereocenters. The van der Waals surface area contributed by atoms with E-state index in [4.69, 9.17) is 4.74 Å². The zero-order chi connectivity index (χ0) is 18.3. The molecule has 1 aromatic heterocycles. The SMILES string of the molecule is CCOC(=O)c1c(NC(=O)[C@H]2C[C@@H]3CC[C@@H]2C3)sc2c1CC[C@@H](CC)C2. The first-order valence-electron chi connectivity index (χ1n) is 10.2. The minimum absolute atomic E-state index is 0.119. The first-order chi connectivity index (χ1) is 12.6. The smallest absolute Gasteiger partial charge is 0.341 e. The Kier molecular flexibility index (Phi) is 5.09. The van der Waals surface area contributed by atoms with Gasteiger partial charge in [-0.15, -0.1) is 11.3 Å². The van der Waals surface area contributed by atoms with Crippen LogP contribution in [0.2, 0.25) is 0 Å². The molecule has 3 aliphatic rings. The van der Waals surface area contributed by atoms with Crippen molar-refractivity contribution >= 4 is 28.2 Å². The van der Waals surface area contributed by atoms with Crippen molar-refractivity contribution in [2.75, 3.05) is 11.9 Å². The molecule has 1 aromatic rings. The molecule has 1 N–H and O–H groups in total. The first kappa shape index (κ1) is 18.0. The molecule has 3 aliphatic carbocycles. The summed E-state index contributed by atoms with van der Waals surface area (Å²) < 4.78 is 5.32. The zero-order valence-corrected chi connectivity index (χ0v) is 16.6. The van der Waals surface area contributed by atoms with E-state index in [2.05, 4.69) is 12.2 Å². The van der Waals surface area contributed by atoms with Gasteiger partial charge < -0.3 is 10.1 Å². The Morgan fingerprint density at radius 1 is 1.19 bits per heavy atom. The van der Waals surface area contributed by atoms with E-state index in [-0.39, 0.29) is 17.8 Å². The van der Waals surface area contributed by atoms with Gasteiger partial charge in [0.25, 0.3) is 0 Å². The number of ether oxygens (including phenoxy) is 1. The number of hydrogen-bond acceptors (Lipinski definition) is 4. The van der Waals surface area contributed by atoms with E-state index in [1.54, 1.807) is 11.3 Å². The third-order valence-electron chi connectivity index (χ3n) is 6.74. The third kappa shape index (κ3) is 3.19. The summed E-state index contributed by atoms with van der Waals surface area (Å²) in [7, 11) is 0. The molecule has 2 bridgehead atoms. The highest BCUT2D eigenvalue weighted by Gasteiger charge is 2.43. The van der Waals surface area contributed by atoms with Crippen LogP contribution in [0.15, 0.2) is 0 Å². The maximum absolute atomic E-state index is 12.9. The molecule has 0 spiro atoms. The Morgan fingerprint density at radius 2 is 2.04 bits per heavy atom. The summed E-state index contributed by atoms with van der Waals surface area (Å²) in [6.07, 6.45) is 8.93. The summed E-state index contributed by atoms with van der Waals surface area (Å²) in [4.78, 5) is 26.8. The van der Waals surface area contributed by atoms with Gasteiger partial charge in [0, 0.05) is 10.8 Å². The average molecular weight is 376 g/mol. The topological polar surface area (TPSA) is 55.4 Å². The fraction of sp³-hybridized carbons (Fsp3) is 0.714. The van der Waals surface area contributed by atoms with Gasteiger partial charge in [-0.05, 0) is 68.8 Å². The number of carbonyl (C=O) groups is 2. The highest BCUT2D eigenvalue weighted by Crippen LogP contribution is 2.49. The summed E-state index contributed by atoms with van der Waals surface area (Å²) in [5, 5.41) is 3.88. The number of esters is 1. The van der Waals surface area contributed by atoms with Crippen LogP contribution in [0.5, 0.6) is 0 Å². The molecule has 2 saturated carbocycles. The second-order valence-electron chi connectivity index (χ2n) is 8.22. The van der Waals surface area contributed by atoms with Crippen molar-refractivity contribution in [3.63, 3.8) is 0 Å². The largest absolute Gasteiger partial charge is 0.462 e. The lowest BCUT2D eigenvalue weighted by molar-refractivity contribution is -0.121. The number of hydrogen-bond donors (Lipinski definition) is 1. The molecule has 0 radical (unpaired) electrons. The monoisotopic (exact) mass is 375 g/mol. The maximum Gasteiger partial charge on any atom is 0.341 e. The molecular formula is C21H29NO3S. The summed E-state index contributed by atoms with van der Waals surface area (Å²) in [5.74, 6) is 1.94. The summed E-state index contributed by atoms with van der Waals surface area (Å²) >= 11 is 1.61. The predicted octanol–water partition coefficient (Wildman–Crippen LogP) is 4.81. The Morgan fingerprint density at radius 3 is 2.69 bits per heavy atom. The number of fused-ring (bicyclic) bond motifs is 3. The zero-order valence-electron chi connectivity index (χ0n) is 15.8. The van der Waals surface area contributed by atoms with Gasteiger partial charge >= 0.3 is 5.97 Å². The van der Waals surface area contributed by atoms with Crippen LogP contribution >= 0.6 is 11.3 Å². The molecule has 5 heteroatoms. The van der Waals surface area contributed by atoms with Crippen LogP contribution in [0.25, 0.3) is 0 Å². The lowest BCUT2D eigenvalue weighted by atomic mass is 9.85. The Labute approximate surface area is 159 Å². The van der Waals surface area contributed by atoms with E-state index in [0.717, 1.165) is 42.2 Å². The van der Waals surface area contributed by atoms with Crippen molar-refractivity contribution in [2.24, 2.45) is 23.7 Å².